The number of nitrogens with zero attached hydrogens (tertiary/aromatic N) is 3. The second-order valence-electron chi connectivity index (χ2n) is 7.76. The van der Waals surface area contributed by atoms with Gasteiger partial charge >= 0.3 is 0 Å². The molecule has 1 unspecified atom stereocenters. The van der Waals surface area contributed by atoms with Crippen LogP contribution in [-0.4, -0.2) is 45.3 Å². The van der Waals surface area contributed by atoms with Crippen LogP contribution in [0.15, 0.2) is 53.6 Å². The number of aromatic nitrogens is 1. The number of aliphatic hydroxyl groups is 1. The molecule has 166 valence electrons. The molecule has 0 fully saturated rings. The van der Waals surface area contributed by atoms with Gasteiger partial charge in [0.2, 0.25) is 5.72 Å². The lowest BCUT2D eigenvalue weighted by atomic mass is 9.98. The van der Waals surface area contributed by atoms with E-state index in [1.165, 1.54) is 6.07 Å². The second-order valence-corrected chi connectivity index (χ2v) is 7.76. The minimum Gasteiger partial charge on any atom is -0.364 e. The Balaban J connectivity index is 1.92. The Morgan fingerprint density at radius 3 is 2.50 bits per heavy atom. The van der Waals surface area contributed by atoms with Crippen LogP contribution in [0.4, 0.5) is 17.6 Å². The first-order valence-corrected chi connectivity index (χ1v) is 9.80. The number of amides is 1. The molecular weight excluding hydrogens is 426 g/mol. The van der Waals surface area contributed by atoms with Gasteiger partial charge in [0.15, 0.2) is 0 Å². The highest BCUT2D eigenvalue weighted by molar-refractivity contribution is 6.08. The molecule has 1 aromatic heterocycles. The molecule has 32 heavy (non-hydrogen) atoms. The molecule has 9 heteroatoms. The molecule has 0 saturated heterocycles. The third-order valence-electron chi connectivity index (χ3n) is 5.45. The quantitative estimate of drug-likeness (QED) is 0.579. The van der Waals surface area contributed by atoms with Gasteiger partial charge in [-0.1, -0.05) is 35.9 Å². The van der Waals surface area contributed by atoms with Crippen molar-refractivity contribution in [3.05, 3.63) is 65.2 Å². The van der Waals surface area contributed by atoms with E-state index in [0.29, 0.717) is 16.6 Å². The van der Waals surface area contributed by atoms with Crippen molar-refractivity contribution in [2.45, 2.75) is 38.8 Å². The van der Waals surface area contributed by atoms with Crippen molar-refractivity contribution >= 4 is 22.5 Å². The van der Waals surface area contributed by atoms with E-state index < -0.39 is 36.6 Å². The Morgan fingerprint density at radius 1 is 1.09 bits per heavy atom. The SMILES string of the molecule is Cc1ccc(C)c(-c2cc(C(=O)N3N=C(C(F)F)CC3(O)C(F)F)c3ccccc3n2)c1. The predicted octanol–water partition coefficient (Wildman–Crippen LogP) is 4.94. The summed E-state index contributed by atoms with van der Waals surface area (Å²) in [5, 5.41) is 14.2. The molecule has 1 aliphatic rings. The zero-order chi connectivity index (χ0) is 23.2. The summed E-state index contributed by atoms with van der Waals surface area (Å²) < 4.78 is 53.7. The van der Waals surface area contributed by atoms with E-state index in [4.69, 9.17) is 0 Å². The molecule has 0 aliphatic carbocycles. The van der Waals surface area contributed by atoms with Crippen molar-refractivity contribution in [3.63, 3.8) is 0 Å². The summed E-state index contributed by atoms with van der Waals surface area (Å²) in [6.07, 6.45) is -7.82. The van der Waals surface area contributed by atoms with Crippen LogP contribution in [0, 0.1) is 13.8 Å². The van der Waals surface area contributed by atoms with E-state index in [1.54, 1.807) is 24.3 Å². The van der Waals surface area contributed by atoms with Gasteiger partial charge < -0.3 is 5.11 Å². The number of alkyl halides is 4. The Hall–Kier alpha value is -3.33. The average Bonchev–Trinajstić information content (AvgIpc) is 3.13. The highest BCUT2D eigenvalue weighted by Crippen LogP contribution is 2.36. The summed E-state index contributed by atoms with van der Waals surface area (Å²) in [5.74, 6) is -1.12. The summed E-state index contributed by atoms with van der Waals surface area (Å²) in [4.78, 5) is 17.9. The number of benzene rings is 2. The van der Waals surface area contributed by atoms with E-state index in [9.17, 15) is 27.5 Å². The van der Waals surface area contributed by atoms with Gasteiger partial charge in [0, 0.05) is 17.4 Å². The van der Waals surface area contributed by atoms with Crippen LogP contribution in [-0.2, 0) is 0 Å². The minimum atomic E-state index is -3.50. The number of halogens is 4. The average molecular weight is 445 g/mol. The molecule has 0 spiro atoms. The largest absolute Gasteiger partial charge is 0.364 e. The third kappa shape index (κ3) is 3.62. The van der Waals surface area contributed by atoms with Crippen LogP contribution in [0.3, 0.4) is 0 Å². The van der Waals surface area contributed by atoms with Gasteiger partial charge in [-0.05, 0) is 37.6 Å². The smallest absolute Gasteiger partial charge is 0.287 e. The van der Waals surface area contributed by atoms with Crippen LogP contribution >= 0.6 is 0 Å². The van der Waals surface area contributed by atoms with Gasteiger partial charge in [0.25, 0.3) is 18.8 Å². The first kappa shape index (κ1) is 21.9. The summed E-state index contributed by atoms with van der Waals surface area (Å²) in [6.45, 7) is 3.76. The molecule has 1 aliphatic heterocycles. The van der Waals surface area contributed by atoms with Gasteiger partial charge in [-0.15, -0.1) is 0 Å². The van der Waals surface area contributed by atoms with E-state index in [1.807, 2.05) is 32.0 Å². The van der Waals surface area contributed by atoms with Gasteiger partial charge in [0.1, 0.15) is 5.71 Å². The zero-order valence-corrected chi connectivity index (χ0v) is 17.2. The first-order chi connectivity index (χ1) is 15.1. The Labute approximate surface area is 181 Å². The molecule has 1 amide bonds. The molecule has 1 atom stereocenters. The molecule has 3 aromatic rings. The molecule has 2 aromatic carbocycles. The number of hydrogen-bond acceptors (Lipinski definition) is 4. The number of hydrogen-bond donors (Lipinski definition) is 1. The molecule has 4 rings (SSSR count). The fourth-order valence-corrected chi connectivity index (χ4v) is 3.72. The maximum Gasteiger partial charge on any atom is 0.287 e. The van der Waals surface area contributed by atoms with Gasteiger partial charge in [-0.3, -0.25) is 4.79 Å². The maximum absolute atomic E-state index is 13.7. The number of pyridine rings is 1. The topological polar surface area (TPSA) is 65.8 Å². The number of para-hydroxylation sites is 1. The summed E-state index contributed by atoms with van der Waals surface area (Å²) in [5.41, 5.74) is -0.845. The summed E-state index contributed by atoms with van der Waals surface area (Å²) >= 11 is 0. The van der Waals surface area contributed by atoms with Crippen molar-refractivity contribution in [3.8, 4) is 11.3 Å². The fourth-order valence-electron chi connectivity index (χ4n) is 3.72. The lowest BCUT2D eigenvalue weighted by molar-refractivity contribution is -0.164. The molecule has 5 nitrogen and oxygen atoms in total. The zero-order valence-electron chi connectivity index (χ0n) is 17.2. The molecule has 0 radical (unpaired) electrons. The summed E-state index contributed by atoms with van der Waals surface area (Å²) in [7, 11) is 0. The maximum atomic E-state index is 13.7. The van der Waals surface area contributed by atoms with Crippen LogP contribution in [0.2, 0.25) is 0 Å². The fraction of sp³-hybridized carbons (Fsp3) is 0.261. The molecule has 0 saturated carbocycles. The minimum absolute atomic E-state index is 0.0772. The standard InChI is InChI=1S/C23H19F4N3O2/c1-12-7-8-13(2)15(9-12)18-10-16(14-5-3-4-6-17(14)28-18)21(31)30-23(32,22(26)27)11-19(29-30)20(24)25/h3-10,20,22,32H,11H2,1-2H3. The van der Waals surface area contributed by atoms with E-state index in [2.05, 4.69) is 10.1 Å². The van der Waals surface area contributed by atoms with E-state index in [0.717, 1.165) is 16.7 Å². The third-order valence-corrected chi connectivity index (χ3v) is 5.45. The molecule has 1 N–H and O–H groups in total. The molecule has 0 bridgehead atoms. The lowest BCUT2D eigenvalue weighted by Gasteiger charge is -2.30. The van der Waals surface area contributed by atoms with Crippen LogP contribution in [0.1, 0.15) is 27.9 Å². The summed E-state index contributed by atoms with van der Waals surface area (Å²) in [6, 6.07) is 13.6. The van der Waals surface area contributed by atoms with Crippen LogP contribution < -0.4 is 0 Å². The first-order valence-electron chi connectivity index (χ1n) is 9.80. The number of carbonyl (C=O) groups excluding carboxylic acids is 1. The number of hydrazone groups is 1. The van der Waals surface area contributed by atoms with Crippen molar-refractivity contribution in [2.75, 3.05) is 0 Å². The van der Waals surface area contributed by atoms with E-state index >= 15 is 0 Å². The number of fused-ring (bicyclic) bond motifs is 1. The monoisotopic (exact) mass is 445 g/mol. The van der Waals surface area contributed by atoms with E-state index in [-0.39, 0.29) is 10.6 Å². The van der Waals surface area contributed by atoms with Crippen molar-refractivity contribution in [2.24, 2.45) is 5.10 Å². The highest BCUT2D eigenvalue weighted by Gasteiger charge is 2.53. The van der Waals surface area contributed by atoms with Gasteiger partial charge in [-0.25, -0.2) is 22.5 Å². The molecular formula is C23H19F4N3O2. The lowest BCUT2D eigenvalue weighted by Crippen LogP contribution is -2.51. The van der Waals surface area contributed by atoms with Crippen LogP contribution in [0.25, 0.3) is 22.2 Å². The van der Waals surface area contributed by atoms with Gasteiger partial charge in [-0.2, -0.15) is 10.1 Å². The van der Waals surface area contributed by atoms with Crippen molar-refractivity contribution < 1.29 is 27.5 Å². The number of rotatable bonds is 4. The molecule has 2 heterocycles. The Kier molecular flexibility index (Phi) is 5.46. The van der Waals surface area contributed by atoms with Crippen molar-refractivity contribution in [1.29, 1.82) is 0 Å². The highest BCUT2D eigenvalue weighted by atomic mass is 19.3. The second kappa shape index (κ2) is 7.98. The van der Waals surface area contributed by atoms with Crippen molar-refractivity contribution in [1.82, 2.24) is 9.99 Å². The normalized spacial score (nSPS) is 18.7. The number of carbonyl (C=O) groups is 1. The van der Waals surface area contributed by atoms with Gasteiger partial charge in [0.05, 0.1) is 16.8 Å². The number of aryl methyl sites for hydroxylation is 2. The Morgan fingerprint density at radius 2 is 1.81 bits per heavy atom. The predicted molar refractivity (Wildman–Crippen MR) is 112 cm³/mol. The van der Waals surface area contributed by atoms with Crippen LogP contribution in [0.5, 0.6) is 0 Å². The Bertz CT molecular complexity index is 1250.